The minimum absolute atomic E-state index is 0.0800. The molecule has 2 aromatic heterocycles. The van der Waals surface area contributed by atoms with Gasteiger partial charge >= 0.3 is 0 Å². The van der Waals surface area contributed by atoms with Crippen LogP contribution in [0.1, 0.15) is 18.5 Å². The maximum absolute atomic E-state index is 6.41. The second-order valence-electron chi connectivity index (χ2n) is 8.22. The lowest BCUT2D eigenvalue weighted by atomic mass is 9.93. The van der Waals surface area contributed by atoms with Gasteiger partial charge in [0.2, 0.25) is 5.95 Å². The number of benzene rings is 1. The third kappa shape index (κ3) is 4.17. The molecule has 0 amide bonds. The first-order valence-corrected chi connectivity index (χ1v) is 11.2. The first kappa shape index (κ1) is 20.8. The van der Waals surface area contributed by atoms with Crippen LogP contribution in [0.5, 0.6) is 0 Å². The highest BCUT2D eigenvalue weighted by molar-refractivity contribution is 6.35. The van der Waals surface area contributed by atoms with E-state index in [9.17, 15) is 0 Å². The fourth-order valence-electron chi connectivity index (χ4n) is 4.19. The summed E-state index contributed by atoms with van der Waals surface area (Å²) in [6.45, 7) is 6.43. The van der Waals surface area contributed by atoms with Crippen LogP contribution in [0.25, 0.3) is 11.0 Å². The number of nitrogens with zero attached hydrogens (tertiary/aromatic N) is 5. The van der Waals surface area contributed by atoms with Gasteiger partial charge in [-0.15, -0.1) is 0 Å². The van der Waals surface area contributed by atoms with Crippen LogP contribution < -0.4 is 15.5 Å². The quantitative estimate of drug-likeness (QED) is 0.603. The van der Waals surface area contributed by atoms with Crippen molar-refractivity contribution in [1.82, 2.24) is 25.1 Å². The summed E-state index contributed by atoms with van der Waals surface area (Å²) in [5.74, 6) is 1.89. The van der Waals surface area contributed by atoms with Gasteiger partial charge in [-0.25, -0.2) is 4.98 Å². The fourth-order valence-corrected chi connectivity index (χ4v) is 4.76. The smallest absolute Gasteiger partial charge is 0.228 e. The zero-order valence-corrected chi connectivity index (χ0v) is 19.0. The third-order valence-corrected chi connectivity index (χ3v) is 6.49. The Morgan fingerprint density at radius 3 is 2.84 bits per heavy atom. The molecule has 2 aliphatic heterocycles. The molecule has 31 heavy (non-hydrogen) atoms. The van der Waals surface area contributed by atoms with Gasteiger partial charge in [0.05, 0.1) is 24.9 Å². The van der Waals surface area contributed by atoms with E-state index in [2.05, 4.69) is 20.6 Å². The SMILES string of the molecule is C[C@@H](Nc1nc(N2CC([C@H]3CNCCO3)C2)nc2cn(C)nc12)c1ccc(Cl)cc1Cl. The first-order valence-electron chi connectivity index (χ1n) is 10.5. The van der Waals surface area contributed by atoms with Crippen LogP contribution in [0.2, 0.25) is 10.0 Å². The Kier molecular flexibility index (Phi) is 5.64. The molecule has 0 saturated carbocycles. The number of rotatable bonds is 5. The van der Waals surface area contributed by atoms with Gasteiger partial charge in [-0.1, -0.05) is 29.3 Å². The number of halogens is 2. The molecule has 4 heterocycles. The van der Waals surface area contributed by atoms with Crippen LogP contribution >= 0.6 is 23.2 Å². The number of morpholine rings is 1. The van der Waals surface area contributed by atoms with Crippen LogP contribution in [0, 0.1) is 5.92 Å². The summed E-state index contributed by atoms with van der Waals surface area (Å²) in [4.78, 5) is 11.8. The van der Waals surface area contributed by atoms with Crippen molar-refractivity contribution in [2.45, 2.75) is 19.1 Å². The predicted octanol–water partition coefficient (Wildman–Crippen LogP) is 3.27. The molecule has 0 unspecified atom stereocenters. The van der Waals surface area contributed by atoms with Crippen LogP contribution in [-0.2, 0) is 11.8 Å². The van der Waals surface area contributed by atoms with Crippen molar-refractivity contribution in [3.63, 3.8) is 0 Å². The lowest BCUT2D eigenvalue weighted by molar-refractivity contribution is -0.0170. The van der Waals surface area contributed by atoms with Crippen molar-refractivity contribution in [1.29, 1.82) is 0 Å². The molecule has 3 aromatic rings. The molecular formula is C21H25Cl2N7O. The van der Waals surface area contributed by atoms with Gasteiger partial charge in [-0.3, -0.25) is 4.68 Å². The Morgan fingerprint density at radius 1 is 1.26 bits per heavy atom. The molecule has 8 nitrogen and oxygen atoms in total. The van der Waals surface area contributed by atoms with Crippen molar-refractivity contribution in [2.24, 2.45) is 13.0 Å². The number of hydrogen-bond donors (Lipinski definition) is 2. The monoisotopic (exact) mass is 461 g/mol. The van der Waals surface area contributed by atoms with Gasteiger partial charge in [0, 0.05) is 49.2 Å². The van der Waals surface area contributed by atoms with Gasteiger partial charge in [0.25, 0.3) is 0 Å². The summed E-state index contributed by atoms with van der Waals surface area (Å²) < 4.78 is 7.67. The molecular weight excluding hydrogens is 437 g/mol. The second-order valence-corrected chi connectivity index (χ2v) is 9.06. The number of fused-ring (bicyclic) bond motifs is 1. The standard InChI is InChI=1S/C21H25Cl2N7O/c1-12(15-4-3-14(22)7-16(15)23)25-20-19-17(11-29(2)28-19)26-21(27-20)30-9-13(10-30)18-8-24-5-6-31-18/h3-4,7,11-13,18,24H,5-6,8-10H2,1-2H3,(H,25,26,27)/t12-,18-/m1/s1. The molecule has 1 aromatic carbocycles. The molecule has 164 valence electrons. The second kappa shape index (κ2) is 8.43. The number of aromatic nitrogens is 4. The summed E-state index contributed by atoms with van der Waals surface area (Å²) in [7, 11) is 1.89. The van der Waals surface area contributed by atoms with E-state index in [-0.39, 0.29) is 12.1 Å². The van der Waals surface area contributed by atoms with Crippen LogP contribution in [0.15, 0.2) is 24.4 Å². The van der Waals surface area contributed by atoms with E-state index < -0.39 is 0 Å². The molecule has 0 spiro atoms. The highest BCUT2D eigenvalue weighted by Gasteiger charge is 2.36. The Labute approximate surface area is 190 Å². The zero-order valence-electron chi connectivity index (χ0n) is 17.5. The molecule has 0 aliphatic carbocycles. The third-order valence-electron chi connectivity index (χ3n) is 5.92. The molecule has 2 saturated heterocycles. The minimum atomic E-state index is -0.0800. The molecule has 2 atom stereocenters. The fraction of sp³-hybridized carbons (Fsp3) is 0.476. The number of hydrogen-bond acceptors (Lipinski definition) is 7. The lowest BCUT2D eigenvalue weighted by Crippen LogP contribution is -2.57. The topological polar surface area (TPSA) is 80.1 Å². The van der Waals surface area contributed by atoms with E-state index in [0.717, 1.165) is 49.4 Å². The van der Waals surface area contributed by atoms with Crippen molar-refractivity contribution >= 4 is 46.0 Å². The average molecular weight is 462 g/mol. The molecule has 2 fully saturated rings. The van der Waals surface area contributed by atoms with Gasteiger partial charge in [0.1, 0.15) is 5.52 Å². The van der Waals surface area contributed by atoms with Crippen LogP contribution in [0.4, 0.5) is 11.8 Å². The van der Waals surface area contributed by atoms with E-state index in [1.54, 1.807) is 10.7 Å². The molecule has 5 rings (SSSR count). The Bertz CT molecular complexity index is 1090. The van der Waals surface area contributed by atoms with Gasteiger partial charge in [-0.05, 0) is 24.6 Å². The predicted molar refractivity (Wildman–Crippen MR) is 123 cm³/mol. The van der Waals surface area contributed by atoms with E-state index in [4.69, 9.17) is 37.9 Å². The molecule has 10 heteroatoms. The summed E-state index contributed by atoms with van der Waals surface area (Å²) in [5.41, 5.74) is 2.49. The largest absolute Gasteiger partial charge is 0.375 e. The highest BCUT2D eigenvalue weighted by Crippen LogP contribution is 2.32. The Hall–Kier alpha value is -2.13. The lowest BCUT2D eigenvalue weighted by Gasteiger charge is -2.44. The molecule has 2 N–H and O–H groups in total. The van der Waals surface area contributed by atoms with E-state index in [1.807, 2.05) is 32.3 Å². The number of nitrogens with one attached hydrogen (secondary N) is 2. The summed E-state index contributed by atoms with van der Waals surface area (Å²) in [5, 5.41) is 12.7. The summed E-state index contributed by atoms with van der Waals surface area (Å²) in [6.07, 6.45) is 2.17. The Morgan fingerprint density at radius 2 is 2.10 bits per heavy atom. The number of anilines is 2. The summed E-state index contributed by atoms with van der Waals surface area (Å²) in [6, 6.07) is 5.44. The van der Waals surface area contributed by atoms with Crippen LogP contribution in [-0.4, -0.2) is 58.6 Å². The van der Waals surface area contributed by atoms with Gasteiger partial charge < -0.3 is 20.3 Å². The molecule has 2 aliphatic rings. The highest BCUT2D eigenvalue weighted by atomic mass is 35.5. The maximum Gasteiger partial charge on any atom is 0.228 e. The van der Waals surface area contributed by atoms with Crippen molar-refractivity contribution in [3.05, 3.63) is 40.0 Å². The number of aryl methyl sites for hydroxylation is 1. The first-order chi connectivity index (χ1) is 15.0. The van der Waals surface area contributed by atoms with Crippen molar-refractivity contribution in [2.75, 3.05) is 43.0 Å². The van der Waals surface area contributed by atoms with E-state index in [0.29, 0.717) is 27.7 Å². The normalized spacial score (nSPS) is 20.6. The van der Waals surface area contributed by atoms with Crippen molar-refractivity contribution in [3.8, 4) is 0 Å². The van der Waals surface area contributed by atoms with E-state index >= 15 is 0 Å². The average Bonchev–Trinajstić information content (AvgIpc) is 3.08. The molecule has 0 radical (unpaired) electrons. The van der Waals surface area contributed by atoms with Gasteiger partial charge in [0.15, 0.2) is 11.3 Å². The zero-order chi connectivity index (χ0) is 21.5. The van der Waals surface area contributed by atoms with Crippen molar-refractivity contribution < 1.29 is 4.74 Å². The van der Waals surface area contributed by atoms with E-state index in [1.165, 1.54) is 0 Å². The summed E-state index contributed by atoms with van der Waals surface area (Å²) >= 11 is 12.5. The maximum atomic E-state index is 6.41. The number of ether oxygens (including phenoxy) is 1. The van der Waals surface area contributed by atoms with Crippen LogP contribution in [0.3, 0.4) is 0 Å². The molecule has 0 bridgehead atoms. The van der Waals surface area contributed by atoms with Gasteiger partial charge in [-0.2, -0.15) is 10.1 Å². The minimum Gasteiger partial charge on any atom is -0.375 e. The Balaban J connectivity index is 1.39.